The number of aromatic nitrogens is 4. The number of aromatic amines is 1. The lowest BCUT2D eigenvalue weighted by Gasteiger charge is -2.18. The van der Waals surface area contributed by atoms with Gasteiger partial charge in [0.25, 0.3) is 0 Å². The summed E-state index contributed by atoms with van der Waals surface area (Å²) in [5.41, 5.74) is 10.6. The van der Waals surface area contributed by atoms with Gasteiger partial charge in [-0.1, -0.05) is 52.0 Å². The Morgan fingerprint density at radius 3 is 1.77 bits per heavy atom. The van der Waals surface area contributed by atoms with Gasteiger partial charge in [-0.15, -0.1) is 23.5 Å². The summed E-state index contributed by atoms with van der Waals surface area (Å²) in [6.45, 7) is 0.714. The Hall–Kier alpha value is -4.55. The Kier molecular flexibility index (Phi) is 15.3. The predicted molar refractivity (Wildman–Crippen MR) is 212 cm³/mol. The minimum atomic E-state index is -4.48. The molecule has 300 valence electrons. The molecule has 5 N–H and O–H groups in total. The Labute approximate surface area is 347 Å². The Morgan fingerprint density at radius 1 is 0.807 bits per heavy atom. The van der Waals surface area contributed by atoms with Crippen molar-refractivity contribution in [3.8, 4) is 12.1 Å². The van der Waals surface area contributed by atoms with E-state index < -0.39 is 28.7 Å². The maximum atomic E-state index is 12.9. The molecule has 2 aromatic heterocycles. The number of nitrogen functional groups attached to an aromatic ring is 2. The lowest BCUT2D eigenvalue weighted by Crippen LogP contribution is -2.28. The van der Waals surface area contributed by atoms with E-state index in [1.165, 1.54) is 57.6 Å². The molecular formula is C34H29BrF6N10O2S4. The van der Waals surface area contributed by atoms with Gasteiger partial charge in [-0.3, -0.25) is 9.59 Å². The molecule has 2 aliphatic heterocycles. The Bertz CT molecular complexity index is 2280. The third-order valence-electron chi connectivity index (χ3n) is 7.90. The quantitative estimate of drug-likeness (QED) is 0.0553. The van der Waals surface area contributed by atoms with Crippen molar-refractivity contribution >= 4 is 98.5 Å². The summed E-state index contributed by atoms with van der Waals surface area (Å²) in [6, 6.07) is 13.5. The number of nitrogens with two attached hydrogens (primary N) is 2. The number of carbonyl (C=O) groups is 2. The minimum Gasteiger partial charge on any atom is -0.369 e. The van der Waals surface area contributed by atoms with Crippen molar-refractivity contribution in [2.24, 2.45) is 0 Å². The maximum absolute atomic E-state index is 12.9. The largest absolute Gasteiger partial charge is 0.416 e. The van der Waals surface area contributed by atoms with E-state index in [1.54, 1.807) is 6.26 Å². The smallest absolute Gasteiger partial charge is 0.369 e. The van der Waals surface area contributed by atoms with Gasteiger partial charge in [-0.05, 0) is 61.8 Å². The second kappa shape index (κ2) is 19.3. The molecule has 0 spiro atoms. The van der Waals surface area contributed by atoms with Gasteiger partial charge in [0.2, 0.25) is 17.8 Å². The Balaban J connectivity index is 0.000000210. The number of halogens is 7. The second-order valence-corrected chi connectivity index (χ2v) is 15.9. The van der Waals surface area contributed by atoms with Crippen molar-refractivity contribution in [1.29, 1.82) is 10.5 Å². The molecule has 2 fully saturated rings. The molecule has 0 bridgehead atoms. The van der Waals surface area contributed by atoms with Gasteiger partial charge < -0.3 is 26.3 Å². The third kappa shape index (κ3) is 11.3. The average Bonchev–Trinajstić information content (AvgIpc) is 3.70. The first-order valence-corrected chi connectivity index (χ1v) is 20.7. The molecule has 57 heavy (non-hydrogen) atoms. The van der Waals surface area contributed by atoms with Crippen molar-refractivity contribution in [3.63, 3.8) is 0 Å². The van der Waals surface area contributed by atoms with Crippen LogP contribution in [0.2, 0.25) is 0 Å². The first kappa shape index (κ1) is 45.2. The molecule has 2 aromatic carbocycles. The predicted octanol–water partition coefficient (Wildman–Crippen LogP) is 8.09. The van der Waals surface area contributed by atoms with Gasteiger partial charge in [0.15, 0.2) is 5.95 Å². The fourth-order valence-electron chi connectivity index (χ4n) is 5.24. The summed E-state index contributed by atoms with van der Waals surface area (Å²) in [5.74, 6) is -0.296. The summed E-state index contributed by atoms with van der Waals surface area (Å²) >= 11 is 11.7. The zero-order valence-electron chi connectivity index (χ0n) is 29.5. The molecule has 0 saturated carbocycles. The fourth-order valence-corrected chi connectivity index (χ4v) is 8.26. The van der Waals surface area contributed by atoms with Crippen LogP contribution in [0.5, 0.6) is 0 Å². The van der Waals surface area contributed by atoms with Gasteiger partial charge in [0.05, 0.1) is 21.2 Å². The normalized spacial score (nSPS) is 16.6. The van der Waals surface area contributed by atoms with Crippen LogP contribution < -0.4 is 21.3 Å². The number of amides is 2. The van der Waals surface area contributed by atoms with E-state index in [1.807, 2.05) is 18.4 Å². The first-order chi connectivity index (χ1) is 26.8. The number of nitrogens with zero attached hydrogens (tertiary/aromatic N) is 7. The molecule has 4 heterocycles. The number of hydrogen-bond donors (Lipinski definition) is 3. The molecule has 2 aliphatic rings. The number of alkyl halides is 7. The number of carbonyl (C=O) groups excluding carboxylic acids is 2. The summed E-state index contributed by atoms with van der Waals surface area (Å²) in [7, 11) is 0. The molecule has 6 rings (SSSR count). The third-order valence-corrected chi connectivity index (χ3v) is 11.7. The summed E-state index contributed by atoms with van der Waals surface area (Å²) in [6.07, 6.45) is -4.29. The lowest BCUT2D eigenvalue weighted by atomic mass is 10.2. The van der Waals surface area contributed by atoms with Crippen LogP contribution in [0, 0.1) is 27.3 Å². The van der Waals surface area contributed by atoms with Crippen LogP contribution in [0.25, 0.3) is 0 Å². The van der Waals surface area contributed by atoms with Crippen LogP contribution in [0.15, 0.2) is 63.6 Å². The van der Waals surface area contributed by atoms with Gasteiger partial charge in [0, 0.05) is 24.5 Å². The van der Waals surface area contributed by atoms with Crippen LogP contribution in [-0.2, 0) is 21.9 Å². The number of nitrogens with one attached hydrogen (secondary N) is 1. The first-order valence-electron chi connectivity index (χ1n) is 16.1. The minimum absolute atomic E-state index is 0.00831. The Morgan fingerprint density at radius 2 is 1.30 bits per heavy atom. The number of anilines is 4. The summed E-state index contributed by atoms with van der Waals surface area (Å²) in [4.78, 5) is 41.4. The fraction of sp³-hybridized carbons (Fsp3) is 0.294. The topological polar surface area (TPSA) is 195 Å². The standard InChI is InChI=1S/C17H14F3N5OS2.C11H9BrF3NO.C6H6N4S2/c1-27-13-11(8-21)14(24-16(22)23-13)28-12-5-6-25(15(12)26)10-4-2-3-9(7-10)17(18,19)20;12-9-4-5-16(10(9)17)8-3-1-2-7(6-8)11(13,14)15;1-12-5-3(2-7)4(11)9-6(8)10-5/h2-4,7,12H,5-6H2,1H3,(H2,22,23,24);1-3,6,9H,4-5H2;1H3,(H3,8,9,10,11). The highest BCUT2D eigenvalue weighted by Crippen LogP contribution is 2.38. The molecular weight excluding hydrogens is 903 g/mol. The zero-order valence-corrected chi connectivity index (χ0v) is 34.3. The van der Waals surface area contributed by atoms with Crippen molar-refractivity contribution in [3.05, 3.63) is 75.4 Å². The molecule has 23 heteroatoms. The maximum Gasteiger partial charge on any atom is 0.416 e. The number of nitriles is 2. The van der Waals surface area contributed by atoms with E-state index in [-0.39, 0.29) is 46.3 Å². The highest BCUT2D eigenvalue weighted by molar-refractivity contribution is 9.10. The molecule has 0 aliphatic carbocycles. The lowest BCUT2D eigenvalue weighted by molar-refractivity contribution is -0.138. The number of rotatable bonds is 6. The van der Waals surface area contributed by atoms with Gasteiger partial charge in [-0.25, -0.2) is 15.0 Å². The highest BCUT2D eigenvalue weighted by atomic mass is 79.9. The number of benzene rings is 2. The van der Waals surface area contributed by atoms with Crippen molar-refractivity contribution < 1.29 is 35.9 Å². The second-order valence-electron chi connectivity index (χ2n) is 11.6. The SMILES string of the molecule is CSc1nc(N)[nH]c(=S)c1C#N.CSc1nc(N)nc(SC2CCN(c3cccc(C(F)(F)F)c3)C2=O)c1C#N.O=C1C(Br)CCN1c1cccc(C(F)(F)F)c1. The van der Waals surface area contributed by atoms with Gasteiger partial charge in [0.1, 0.15) is 43.0 Å². The molecule has 0 radical (unpaired) electrons. The van der Waals surface area contributed by atoms with Gasteiger partial charge >= 0.3 is 12.4 Å². The number of H-pyrrole nitrogens is 1. The van der Waals surface area contributed by atoms with Crippen LogP contribution in [-0.4, -0.2) is 67.4 Å². The van der Waals surface area contributed by atoms with Gasteiger partial charge in [-0.2, -0.15) is 36.9 Å². The summed E-state index contributed by atoms with van der Waals surface area (Å²) < 4.78 is 76.7. The van der Waals surface area contributed by atoms with E-state index in [4.69, 9.17) is 28.9 Å². The molecule has 4 aromatic rings. The van der Waals surface area contributed by atoms with Crippen LogP contribution in [0.1, 0.15) is 35.1 Å². The summed E-state index contributed by atoms with van der Waals surface area (Å²) in [5, 5.41) is 18.8. The van der Waals surface area contributed by atoms with Crippen molar-refractivity contribution in [1.82, 2.24) is 19.9 Å². The van der Waals surface area contributed by atoms with E-state index in [2.05, 4.69) is 35.9 Å². The molecule has 2 saturated heterocycles. The van der Waals surface area contributed by atoms with Crippen LogP contribution >= 0.6 is 63.4 Å². The molecule has 12 nitrogen and oxygen atoms in total. The van der Waals surface area contributed by atoms with Crippen molar-refractivity contribution in [2.75, 3.05) is 46.9 Å². The number of thioether (sulfide) groups is 3. The van der Waals surface area contributed by atoms with Crippen LogP contribution in [0.4, 0.5) is 49.6 Å². The van der Waals surface area contributed by atoms with E-state index in [0.29, 0.717) is 50.4 Å². The van der Waals surface area contributed by atoms with E-state index in [0.717, 1.165) is 36.0 Å². The molecule has 2 amide bonds. The van der Waals surface area contributed by atoms with E-state index >= 15 is 0 Å². The average molecular weight is 932 g/mol. The molecule has 2 unspecified atom stereocenters. The molecule has 2 atom stereocenters. The number of hydrogen-bond acceptors (Lipinski definition) is 13. The van der Waals surface area contributed by atoms with E-state index in [9.17, 15) is 41.2 Å². The van der Waals surface area contributed by atoms with Crippen LogP contribution in [0.3, 0.4) is 0 Å². The van der Waals surface area contributed by atoms with Crippen molar-refractivity contribution in [2.45, 2.75) is 50.3 Å². The highest BCUT2D eigenvalue weighted by Gasteiger charge is 2.37. The monoisotopic (exact) mass is 930 g/mol. The zero-order chi connectivity index (χ0) is 42.2.